The Kier molecular flexibility index (Phi) is 7.89. The zero-order chi connectivity index (χ0) is 22.7. The predicted octanol–water partition coefficient (Wildman–Crippen LogP) is 2.31. The number of nitrogens with one attached hydrogen (secondary N) is 1. The molecular formula is C20H20BrF3N2O4S. The number of halogens is 4. The van der Waals surface area contributed by atoms with Crippen molar-refractivity contribution in [1.82, 2.24) is 5.32 Å². The van der Waals surface area contributed by atoms with E-state index in [-0.39, 0.29) is 11.3 Å². The van der Waals surface area contributed by atoms with Gasteiger partial charge in [0.25, 0.3) is 0 Å². The van der Waals surface area contributed by atoms with Gasteiger partial charge in [-0.15, -0.1) is 0 Å². The van der Waals surface area contributed by atoms with E-state index in [1.165, 1.54) is 11.8 Å². The van der Waals surface area contributed by atoms with E-state index >= 15 is 0 Å². The second-order valence-corrected chi connectivity index (χ2v) is 8.91. The van der Waals surface area contributed by atoms with Crippen molar-refractivity contribution in [2.75, 3.05) is 6.61 Å². The Bertz CT molecular complexity index is 928. The van der Waals surface area contributed by atoms with Crippen LogP contribution in [0.2, 0.25) is 0 Å². The normalized spacial score (nSPS) is 26.7. The Morgan fingerprint density at radius 3 is 2.32 bits per heavy atom. The van der Waals surface area contributed by atoms with Gasteiger partial charge in [0.1, 0.15) is 23.7 Å². The Labute approximate surface area is 189 Å². The summed E-state index contributed by atoms with van der Waals surface area (Å²) in [7, 11) is 0. The smallest absolute Gasteiger partial charge is 0.194 e. The van der Waals surface area contributed by atoms with E-state index in [0.717, 1.165) is 27.7 Å². The quantitative estimate of drug-likeness (QED) is 0.372. The number of rotatable bonds is 6. The van der Waals surface area contributed by atoms with Crippen LogP contribution < -0.4 is 11.1 Å². The van der Waals surface area contributed by atoms with Crippen LogP contribution in [-0.2, 0) is 4.74 Å². The van der Waals surface area contributed by atoms with Gasteiger partial charge in [-0.1, -0.05) is 27.7 Å². The van der Waals surface area contributed by atoms with Crippen molar-refractivity contribution in [3.05, 3.63) is 70.1 Å². The molecule has 6 nitrogen and oxygen atoms in total. The number of thioether (sulfide) groups is 1. The number of hydrogen-bond acceptors (Lipinski definition) is 7. The maximum Gasteiger partial charge on any atom is 0.194 e. The minimum atomic E-state index is -1.61. The molecule has 2 aromatic rings. The molecule has 6 N–H and O–H groups in total. The van der Waals surface area contributed by atoms with E-state index in [0.29, 0.717) is 0 Å². The molecule has 1 aliphatic rings. The maximum atomic E-state index is 13.5. The molecule has 0 saturated carbocycles. The van der Waals surface area contributed by atoms with E-state index in [4.69, 9.17) is 10.5 Å². The molecule has 2 aromatic carbocycles. The van der Waals surface area contributed by atoms with E-state index in [1.54, 1.807) is 0 Å². The Hall–Kier alpha value is -1.76. The molecule has 0 radical (unpaired) electrons. The summed E-state index contributed by atoms with van der Waals surface area (Å²) in [6.07, 6.45) is -2.40. The lowest BCUT2D eigenvalue weighted by atomic mass is 9.97. The number of nitrogens with two attached hydrogens (primary N) is 1. The van der Waals surface area contributed by atoms with Gasteiger partial charge >= 0.3 is 0 Å². The fraction of sp³-hybridized carbons (Fsp3) is 0.300. The van der Waals surface area contributed by atoms with Crippen LogP contribution in [0.1, 0.15) is 5.56 Å². The number of aliphatic hydroxyl groups is 3. The number of ether oxygens (including phenoxy) is 1. The first kappa shape index (κ1) is 23.9. The van der Waals surface area contributed by atoms with Crippen LogP contribution in [0.5, 0.6) is 0 Å². The summed E-state index contributed by atoms with van der Waals surface area (Å²) < 4.78 is 46.6. The van der Waals surface area contributed by atoms with Crippen molar-refractivity contribution in [2.24, 2.45) is 5.73 Å². The fourth-order valence-electron chi connectivity index (χ4n) is 3.02. The van der Waals surface area contributed by atoms with Crippen LogP contribution >= 0.6 is 27.7 Å². The van der Waals surface area contributed by atoms with Crippen molar-refractivity contribution in [1.29, 1.82) is 0 Å². The van der Waals surface area contributed by atoms with E-state index in [2.05, 4.69) is 21.2 Å². The predicted molar refractivity (Wildman–Crippen MR) is 113 cm³/mol. The molecule has 0 aliphatic carbocycles. The summed E-state index contributed by atoms with van der Waals surface area (Å²) in [5.74, 6) is -4.41. The first-order chi connectivity index (χ1) is 14.7. The standard InChI is InChI=1S/C20H20BrF3N2O4S/c21-10-1-3-11(4-2-10)31-20-19(29)17(18(28)15(8-27)30-20)26-7-14(25)9-5-12(22)16(24)13(23)6-9/h1-7,15,17-20,26-29H,8,25H2/b14-7-. The zero-order valence-electron chi connectivity index (χ0n) is 15.9. The van der Waals surface area contributed by atoms with Gasteiger partial charge in [-0.25, -0.2) is 13.2 Å². The Morgan fingerprint density at radius 2 is 1.74 bits per heavy atom. The molecule has 5 unspecified atom stereocenters. The minimum Gasteiger partial charge on any atom is -0.397 e. The highest BCUT2D eigenvalue weighted by molar-refractivity contribution is 9.10. The summed E-state index contributed by atoms with van der Waals surface area (Å²) in [4.78, 5) is 0.784. The second-order valence-electron chi connectivity index (χ2n) is 6.82. The summed E-state index contributed by atoms with van der Waals surface area (Å²) >= 11 is 4.53. The van der Waals surface area contributed by atoms with Crippen LogP contribution in [0.4, 0.5) is 13.2 Å². The molecular weight excluding hydrogens is 501 g/mol. The highest BCUT2D eigenvalue weighted by Gasteiger charge is 2.44. The third-order valence-corrected chi connectivity index (χ3v) is 6.39. The van der Waals surface area contributed by atoms with Crippen molar-refractivity contribution in [2.45, 2.75) is 34.7 Å². The SMILES string of the molecule is N/C(=C\NC1C(O)C(CO)OC(Sc2ccc(Br)cc2)C1O)c1cc(F)c(F)c(F)c1. The average Bonchev–Trinajstić information content (AvgIpc) is 2.74. The van der Waals surface area contributed by atoms with Crippen LogP contribution in [0.3, 0.4) is 0 Å². The summed E-state index contributed by atoms with van der Waals surface area (Å²) in [5, 5.41) is 33.5. The molecule has 1 saturated heterocycles. The van der Waals surface area contributed by atoms with Gasteiger partial charge in [0.05, 0.1) is 18.3 Å². The largest absolute Gasteiger partial charge is 0.397 e. The summed E-state index contributed by atoms with van der Waals surface area (Å²) in [6.45, 7) is -0.503. The number of benzene rings is 2. The highest BCUT2D eigenvalue weighted by Crippen LogP contribution is 2.34. The molecule has 0 spiro atoms. The van der Waals surface area contributed by atoms with E-state index < -0.39 is 53.8 Å². The monoisotopic (exact) mass is 520 g/mol. The van der Waals surface area contributed by atoms with Crippen molar-refractivity contribution < 1.29 is 33.2 Å². The summed E-state index contributed by atoms with van der Waals surface area (Å²) in [5.41, 5.74) is 4.70. The van der Waals surface area contributed by atoms with Crippen LogP contribution in [0.15, 0.2) is 52.0 Å². The lowest BCUT2D eigenvalue weighted by molar-refractivity contribution is -0.164. The molecule has 11 heteroatoms. The first-order valence-electron chi connectivity index (χ1n) is 9.12. The van der Waals surface area contributed by atoms with Crippen molar-refractivity contribution in [3.63, 3.8) is 0 Å². The van der Waals surface area contributed by atoms with E-state index in [1.807, 2.05) is 24.3 Å². The van der Waals surface area contributed by atoms with Gasteiger partial charge in [-0.2, -0.15) is 0 Å². The number of aliphatic hydroxyl groups excluding tert-OH is 3. The van der Waals surface area contributed by atoms with Gasteiger partial charge in [0, 0.05) is 21.1 Å². The van der Waals surface area contributed by atoms with Crippen LogP contribution in [0, 0.1) is 17.5 Å². The lowest BCUT2D eigenvalue weighted by Gasteiger charge is -2.42. The maximum absolute atomic E-state index is 13.5. The Balaban J connectivity index is 1.79. The highest BCUT2D eigenvalue weighted by atomic mass is 79.9. The molecule has 0 aromatic heterocycles. The van der Waals surface area contributed by atoms with Gasteiger partial charge in [-0.3, -0.25) is 0 Å². The van der Waals surface area contributed by atoms with Crippen LogP contribution in [-0.4, -0.2) is 51.7 Å². The second kappa shape index (κ2) is 10.2. The van der Waals surface area contributed by atoms with Crippen molar-refractivity contribution in [3.8, 4) is 0 Å². The average molecular weight is 521 g/mol. The molecule has 168 valence electrons. The minimum absolute atomic E-state index is 0.126. The zero-order valence-corrected chi connectivity index (χ0v) is 18.3. The molecule has 1 fully saturated rings. The van der Waals surface area contributed by atoms with Crippen molar-refractivity contribution >= 4 is 33.4 Å². The fourth-order valence-corrected chi connectivity index (χ4v) is 4.35. The van der Waals surface area contributed by atoms with Crippen LogP contribution in [0.25, 0.3) is 5.70 Å². The van der Waals surface area contributed by atoms with Gasteiger partial charge in [0.2, 0.25) is 0 Å². The van der Waals surface area contributed by atoms with Gasteiger partial charge < -0.3 is 31.1 Å². The van der Waals surface area contributed by atoms with E-state index in [9.17, 15) is 28.5 Å². The summed E-state index contributed by atoms with van der Waals surface area (Å²) in [6, 6.07) is 7.68. The molecule has 31 heavy (non-hydrogen) atoms. The molecule has 0 amide bonds. The molecule has 0 bridgehead atoms. The third-order valence-electron chi connectivity index (χ3n) is 4.70. The number of hydrogen-bond donors (Lipinski definition) is 5. The molecule has 3 rings (SSSR count). The van der Waals surface area contributed by atoms with Gasteiger partial charge in [-0.05, 0) is 36.4 Å². The first-order valence-corrected chi connectivity index (χ1v) is 10.8. The third kappa shape index (κ3) is 5.54. The van der Waals surface area contributed by atoms with Gasteiger partial charge in [0.15, 0.2) is 17.5 Å². The lowest BCUT2D eigenvalue weighted by Crippen LogP contribution is -2.62. The molecule has 1 heterocycles. The molecule has 5 atom stereocenters. The topological polar surface area (TPSA) is 108 Å². The molecule has 1 aliphatic heterocycles. The Morgan fingerprint density at radius 1 is 1.13 bits per heavy atom.